The second-order valence-corrected chi connectivity index (χ2v) is 10.4. The molecule has 3 aromatic rings. The molecule has 1 aliphatic heterocycles. The maximum absolute atomic E-state index is 14.9. The summed E-state index contributed by atoms with van der Waals surface area (Å²) in [5.41, 5.74) is 7.59. The fourth-order valence-corrected chi connectivity index (χ4v) is 4.88. The Labute approximate surface area is 254 Å². The van der Waals surface area contributed by atoms with Crippen molar-refractivity contribution in [3.63, 3.8) is 0 Å². The number of morpholine rings is 1. The SMILES string of the molecule is N[C@H](C(=O)Nc1cncc(F)c1CC[C@@H]1CNC[C@@H](COC(=O)NCC(F)(F)F)O1)C(c1ccc(F)cc1)c1ccc(F)cc1. The van der Waals surface area contributed by atoms with E-state index in [0.29, 0.717) is 17.7 Å². The van der Waals surface area contributed by atoms with Crippen LogP contribution in [0.25, 0.3) is 0 Å². The summed E-state index contributed by atoms with van der Waals surface area (Å²) in [5, 5.41) is 7.30. The first-order valence-electron chi connectivity index (χ1n) is 13.9. The van der Waals surface area contributed by atoms with E-state index in [4.69, 9.17) is 15.2 Å². The van der Waals surface area contributed by atoms with Gasteiger partial charge in [0, 0.05) is 24.6 Å². The van der Waals surface area contributed by atoms with Crippen molar-refractivity contribution >= 4 is 17.7 Å². The van der Waals surface area contributed by atoms with Crippen LogP contribution in [0.1, 0.15) is 29.0 Å². The molecule has 0 radical (unpaired) electrons. The molecule has 0 saturated carbocycles. The molecule has 4 rings (SSSR count). The van der Waals surface area contributed by atoms with Gasteiger partial charge in [-0.1, -0.05) is 24.3 Å². The molecular formula is C30H31F6N5O4. The number of anilines is 1. The van der Waals surface area contributed by atoms with Crippen molar-refractivity contribution in [1.29, 1.82) is 0 Å². The largest absolute Gasteiger partial charge is 0.447 e. The lowest BCUT2D eigenvalue weighted by atomic mass is 9.85. The number of nitrogens with two attached hydrogens (primary N) is 1. The fraction of sp³-hybridized carbons (Fsp3) is 0.367. The van der Waals surface area contributed by atoms with Crippen LogP contribution >= 0.6 is 0 Å². The quantitative estimate of drug-likeness (QED) is 0.232. The molecule has 2 heterocycles. The summed E-state index contributed by atoms with van der Waals surface area (Å²) in [7, 11) is 0. The van der Waals surface area contributed by atoms with Crippen molar-refractivity contribution in [2.75, 3.05) is 31.6 Å². The lowest BCUT2D eigenvalue weighted by Crippen LogP contribution is -2.47. The maximum Gasteiger partial charge on any atom is 0.407 e. The van der Waals surface area contributed by atoms with Crippen molar-refractivity contribution in [2.24, 2.45) is 5.73 Å². The third-order valence-corrected chi connectivity index (χ3v) is 7.06. The van der Waals surface area contributed by atoms with Crippen LogP contribution < -0.4 is 21.7 Å². The van der Waals surface area contributed by atoms with Crippen LogP contribution in [0.5, 0.6) is 0 Å². The van der Waals surface area contributed by atoms with E-state index >= 15 is 0 Å². The minimum atomic E-state index is -4.58. The first-order valence-corrected chi connectivity index (χ1v) is 13.9. The molecule has 2 amide bonds. The van der Waals surface area contributed by atoms with Gasteiger partial charge in [-0.05, 0) is 48.2 Å². The molecule has 0 aliphatic carbocycles. The van der Waals surface area contributed by atoms with Gasteiger partial charge in [-0.15, -0.1) is 0 Å². The lowest BCUT2D eigenvalue weighted by Gasteiger charge is -2.31. The molecule has 0 bridgehead atoms. The molecule has 2 aromatic carbocycles. The van der Waals surface area contributed by atoms with Gasteiger partial charge >= 0.3 is 12.3 Å². The predicted molar refractivity (Wildman–Crippen MR) is 151 cm³/mol. The molecule has 3 atom stereocenters. The van der Waals surface area contributed by atoms with Crippen LogP contribution in [0.15, 0.2) is 60.9 Å². The van der Waals surface area contributed by atoms with E-state index in [2.05, 4.69) is 15.6 Å². The number of carbonyl (C=O) groups excluding carboxylic acids is 2. The monoisotopic (exact) mass is 639 g/mol. The summed E-state index contributed by atoms with van der Waals surface area (Å²) >= 11 is 0. The van der Waals surface area contributed by atoms with Crippen molar-refractivity contribution in [2.45, 2.75) is 43.2 Å². The topological polar surface area (TPSA) is 128 Å². The second-order valence-electron chi connectivity index (χ2n) is 10.4. The van der Waals surface area contributed by atoms with Crippen molar-refractivity contribution in [1.82, 2.24) is 15.6 Å². The molecule has 1 saturated heterocycles. The number of nitrogens with one attached hydrogen (secondary N) is 3. The molecule has 15 heteroatoms. The molecule has 1 aromatic heterocycles. The van der Waals surface area contributed by atoms with Crippen LogP contribution in [-0.2, 0) is 20.7 Å². The predicted octanol–water partition coefficient (Wildman–Crippen LogP) is 4.17. The maximum atomic E-state index is 14.9. The highest BCUT2D eigenvalue weighted by molar-refractivity contribution is 5.96. The fourth-order valence-electron chi connectivity index (χ4n) is 4.88. The van der Waals surface area contributed by atoms with Gasteiger partial charge < -0.3 is 31.2 Å². The first kappa shape index (κ1) is 33.7. The van der Waals surface area contributed by atoms with Gasteiger partial charge in [-0.25, -0.2) is 18.0 Å². The Kier molecular flexibility index (Phi) is 11.4. The van der Waals surface area contributed by atoms with Crippen LogP contribution in [0.4, 0.5) is 36.8 Å². The van der Waals surface area contributed by atoms with E-state index < -0.39 is 66.3 Å². The van der Waals surface area contributed by atoms with Gasteiger partial charge in [0.05, 0.1) is 30.2 Å². The molecule has 0 unspecified atom stereocenters. The Morgan fingerprint density at radius 3 is 2.18 bits per heavy atom. The van der Waals surface area contributed by atoms with Crippen molar-refractivity contribution < 1.29 is 45.4 Å². The Morgan fingerprint density at radius 2 is 1.58 bits per heavy atom. The van der Waals surface area contributed by atoms with Crippen LogP contribution in [-0.4, -0.2) is 67.7 Å². The molecule has 45 heavy (non-hydrogen) atoms. The van der Waals surface area contributed by atoms with Gasteiger partial charge in [0.15, 0.2) is 0 Å². The highest BCUT2D eigenvalue weighted by Crippen LogP contribution is 2.29. The number of benzene rings is 2. The van der Waals surface area contributed by atoms with Gasteiger partial charge in [-0.3, -0.25) is 9.78 Å². The lowest BCUT2D eigenvalue weighted by molar-refractivity contribution is -0.124. The first-order chi connectivity index (χ1) is 21.4. The molecule has 242 valence electrons. The van der Waals surface area contributed by atoms with Crippen LogP contribution in [0, 0.1) is 17.5 Å². The van der Waals surface area contributed by atoms with E-state index in [1.54, 1.807) is 5.32 Å². The zero-order valence-electron chi connectivity index (χ0n) is 23.8. The van der Waals surface area contributed by atoms with Crippen LogP contribution in [0.2, 0.25) is 0 Å². The summed E-state index contributed by atoms with van der Waals surface area (Å²) in [6.45, 7) is -1.19. The number of alkyl carbamates (subject to hydrolysis) is 1. The Bertz CT molecular complexity index is 1400. The zero-order chi connectivity index (χ0) is 32.6. The Hall–Kier alpha value is -4.21. The third kappa shape index (κ3) is 9.89. The van der Waals surface area contributed by atoms with E-state index in [1.807, 2.05) is 0 Å². The minimum absolute atomic E-state index is 0.0670. The average Bonchev–Trinajstić information content (AvgIpc) is 3.00. The Balaban J connectivity index is 1.40. The van der Waals surface area contributed by atoms with E-state index in [-0.39, 0.29) is 37.2 Å². The van der Waals surface area contributed by atoms with Gasteiger partial charge in [0.25, 0.3) is 0 Å². The molecule has 9 nitrogen and oxygen atoms in total. The number of amides is 2. The highest BCUT2D eigenvalue weighted by atomic mass is 19.4. The van der Waals surface area contributed by atoms with Crippen molar-refractivity contribution in [3.05, 3.63) is 95.1 Å². The second kappa shape index (κ2) is 15.2. The Morgan fingerprint density at radius 1 is 0.978 bits per heavy atom. The van der Waals surface area contributed by atoms with Gasteiger partial charge in [0.1, 0.15) is 36.7 Å². The number of carbonyl (C=O) groups is 2. The average molecular weight is 640 g/mol. The van der Waals surface area contributed by atoms with Crippen molar-refractivity contribution in [3.8, 4) is 0 Å². The normalized spacial score (nSPS) is 17.5. The van der Waals surface area contributed by atoms with E-state index in [1.165, 1.54) is 54.7 Å². The van der Waals surface area contributed by atoms with Gasteiger partial charge in [0.2, 0.25) is 5.91 Å². The van der Waals surface area contributed by atoms with Crippen LogP contribution in [0.3, 0.4) is 0 Å². The third-order valence-electron chi connectivity index (χ3n) is 7.06. The summed E-state index contributed by atoms with van der Waals surface area (Å²) in [6.07, 6.45) is -4.36. The van der Waals surface area contributed by atoms with E-state index in [0.717, 1.165) is 6.20 Å². The number of alkyl halides is 3. The molecule has 1 fully saturated rings. The number of halogens is 6. The number of hydrogen-bond donors (Lipinski definition) is 4. The minimum Gasteiger partial charge on any atom is -0.447 e. The smallest absolute Gasteiger partial charge is 0.407 e. The van der Waals surface area contributed by atoms with Gasteiger partial charge in [-0.2, -0.15) is 13.2 Å². The number of hydrogen-bond acceptors (Lipinski definition) is 7. The molecule has 1 aliphatic rings. The molecule has 5 N–H and O–H groups in total. The number of aromatic nitrogens is 1. The molecule has 0 spiro atoms. The number of nitrogens with zero attached hydrogens (tertiary/aromatic N) is 1. The standard InChI is InChI=1S/C30H31F6N5O4/c31-19-5-1-17(2-6-19)26(18-3-7-20(32)8-4-18)27(37)28(42)41-25-14-39-13-24(33)23(25)10-9-21-11-38-12-22(45-21)15-44-29(43)40-16-30(34,35)36/h1-8,13-14,21-22,26-27,38H,9-12,15-16,37H2,(H,40,43)(H,41,42)/t21-,22+,27+/m1/s1. The summed E-state index contributed by atoms with van der Waals surface area (Å²) < 4.78 is 89.7. The van der Waals surface area contributed by atoms with E-state index in [9.17, 15) is 35.9 Å². The number of pyridine rings is 1. The summed E-state index contributed by atoms with van der Waals surface area (Å²) in [4.78, 5) is 28.8. The molecular weight excluding hydrogens is 608 g/mol. The summed E-state index contributed by atoms with van der Waals surface area (Å²) in [5.74, 6) is -3.17. The highest BCUT2D eigenvalue weighted by Gasteiger charge is 2.30. The summed E-state index contributed by atoms with van der Waals surface area (Å²) in [6, 6.07) is 9.48. The number of ether oxygens (including phenoxy) is 2. The zero-order valence-corrected chi connectivity index (χ0v) is 23.8. The number of rotatable bonds is 11.